The molecule has 5 aromatic rings. The minimum atomic E-state index is -0.230. The topological polar surface area (TPSA) is 85.4 Å². The van der Waals surface area contributed by atoms with Crippen molar-refractivity contribution in [3.63, 3.8) is 0 Å². The minimum Gasteiger partial charge on any atom is -0.508 e. The quantitative estimate of drug-likeness (QED) is 0.426. The summed E-state index contributed by atoms with van der Waals surface area (Å²) >= 11 is 6.02. The van der Waals surface area contributed by atoms with Crippen LogP contribution in [-0.4, -0.2) is 29.7 Å². The van der Waals surface area contributed by atoms with Crippen LogP contribution in [0, 0.1) is 0 Å². The third kappa shape index (κ3) is 2.90. The molecule has 150 valence electrons. The summed E-state index contributed by atoms with van der Waals surface area (Å²) in [5.41, 5.74) is 4.14. The summed E-state index contributed by atoms with van der Waals surface area (Å²) in [4.78, 5) is 13.6. The predicted molar refractivity (Wildman–Crippen MR) is 115 cm³/mol. The molecule has 8 heteroatoms. The molecule has 0 spiro atoms. The molecule has 3 aromatic heterocycles. The Kier molecular flexibility index (Phi) is 3.91. The van der Waals surface area contributed by atoms with Crippen molar-refractivity contribution < 1.29 is 9.84 Å². The van der Waals surface area contributed by atoms with Crippen LogP contribution in [0.4, 0.5) is 0 Å². The average molecular weight is 428 g/mol. The van der Waals surface area contributed by atoms with E-state index in [1.807, 2.05) is 36.5 Å². The molecule has 0 saturated heterocycles. The van der Waals surface area contributed by atoms with Crippen LogP contribution in [0.25, 0.3) is 17.0 Å². The molecule has 1 atom stereocenters. The van der Waals surface area contributed by atoms with Gasteiger partial charge in [-0.1, -0.05) is 23.7 Å². The standard InChI is InChI=1S/C23H14ClN5O2/c24-15-5-3-13(4-6-15)21-27-22-20-19(14-2-1-9-25-11-14)17-8-7-16(30)10-18(17)31-23(20)26-12-29(22)28-21/h1-12,19,30H. The van der Waals surface area contributed by atoms with E-state index in [2.05, 4.69) is 15.1 Å². The highest BCUT2D eigenvalue weighted by Crippen LogP contribution is 2.48. The van der Waals surface area contributed by atoms with Crippen molar-refractivity contribution in [1.82, 2.24) is 24.6 Å². The van der Waals surface area contributed by atoms with Crippen molar-refractivity contribution in [2.45, 2.75) is 5.92 Å². The Balaban J connectivity index is 1.61. The second kappa shape index (κ2) is 6.78. The van der Waals surface area contributed by atoms with Gasteiger partial charge in [-0.2, -0.15) is 0 Å². The molecule has 6 rings (SSSR count). The highest BCUT2D eigenvalue weighted by atomic mass is 35.5. The van der Waals surface area contributed by atoms with Gasteiger partial charge in [0.15, 0.2) is 11.5 Å². The predicted octanol–water partition coefficient (Wildman–Crippen LogP) is 4.83. The lowest BCUT2D eigenvalue weighted by Crippen LogP contribution is -2.15. The second-order valence-electron chi connectivity index (χ2n) is 7.22. The first-order chi connectivity index (χ1) is 15.2. The molecule has 1 N–H and O–H groups in total. The van der Waals surface area contributed by atoms with Crippen LogP contribution in [0.5, 0.6) is 17.4 Å². The van der Waals surface area contributed by atoms with Gasteiger partial charge in [-0.25, -0.2) is 14.5 Å². The maximum Gasteiger partial charge on any atom is 0.228 e. The van der Waals surface area contributed by atoms with Crippen molar-refractivity contribution in [2.24, 2.45) is 0 Å². The van der Waals surface area contributed by atoms with Gasteiger partial charge in [-0.3, -0.25) is 4.98 Å². The van der Waals surface area contributed by atoms with Crippen molar-refractivity contribution >= 4 is 17.2 Å². The van der Waals surface area contributed by atoms with Crippen LogP contribution in [0.1, 0.15) is 22.6 Å². The molecule has 0 saturated carbocycles. The first-order valence-corrected chi connectivity index (χ1v) is 9.97. The third-order valence-corrected chi connectivity index (χ3v) is 5.56. The fraction of sp³-hybridized carbons (Fsp3) is 0.0435. The lowest BCUT2D eigenvalue weighted by molar-refractivity contribution is 0.422. The van der Waals surface area contributed by atoms with Crippen LogP contribution in [0.3, 0.4) is 0 Å². The van der Waals surface area contributed by atoms with E-state index in [0.717, 1.165) is 22.3 Å². The molecule has 0 amide bonds. The minimum absolute atomic E-state index is 0.126. The van der Waals surface area contributed by atoms with E-state index in [4.69, 9.17) is 21.3 Å². The number of hydrogen-bond donors (Lipinski definition) is 1. The summed E-state index contributed by atoms with van der Waals surface area (Å²) in [7, 11) is 0. The van der Waals surface area contributed by atoms with E-state index in [1.165, 1.54) is 0 Å². The van der Waals surface area contributed by atoms with E-state index >= 15 is 0 Å². The molecular formula is C23H14ClN5O2. The fourth-order valence-corrected chi connectivity index (χ4v) is 4.04. The SMILES string of the molecule is Oc1ccc2c(c1)Oc1ncn3nc(-c4ccc(Cl)cc4)nc3c1C2c1cccnc1. The van der Waals surface area contributed by atoms with Crippen molar-refractivity contribution in [3.05, 3.63) is 95.0 Å². The van der Waals surface area contributed by atoms with E-state index in [-0.39, 0.29) is 11.7 Å². The normalized spacial score (nSPS) is 14.7. The zero-order chi connectivity index (χ0) is 20.9. The summed E-state index contributed by atoms with van der Waals surface area (Å²) in [6, 6.07) is 16.4. The van der Waals surface area contributed by atoms with Gasteiger partial charge in [-0.05, 0) is 42.0 Å². The fourth-order valence-electron chi connectivity index (χ4n) is 3.92. The zero-order valence-electron chi connectivity index (χ0n) is 16.0. The summed E-state index contributed by atoms with van der Waals surface area (Å²) in [6.07, 6.45) is 5.13. The Bertz CT molecular complexity index is 1430. The third-order valence-electron chi connectivity index (χ3n) is 5.31. The lowest BCUT2D eigenvalue weighted by atomic mass is 9.84. The zero-order valence-corrected chi connectivity index (χ0v) is 16.7. The number of ether oxygens (including phenoxy) is 1. The summed E-state index contributed by atoms with van der Waals surface area (Å²) < 4.78 is 7.71. The summed E-state index contributed by atoms with van der Waals surface area (Å²) in [5, 5.41) is 15.2. The number of hydrogen-bond acceptors (Lipinski definition) is 6. The van der Waals surface area contributed by atoms with Gasteiger partial charge in [0.25, 0.3) is 0 Å². The number of halogens is 1. The van der Waals surface area contributed by atoms with Crippen LogP contribution >= 0.6 is 11.6 Å². The number of nitrogens with zero attached hydrogens (tertiary/aromatic N) is 5. The number of aromatic hydroxyl groups is 1. The van der Waals surface area contributed by atoms with Crippen LogP contribution < -0.4 is 4.74 Å². The monoisotopic (exact) mass is 427 g/mol. The number of fused-ring (bicyclic) bond motifs is 4. The first kappa shape index (κ1) is 17.9. The van der Waals surface area contributed by atoms with Crippen LogP contribution in [0.2, 0.25) is 5.02 Å². The van der Waals surface area contributed by atoms with Gasteiger partial charge in [0.1, 0.15) is 17.8 Å². The highest BCUT2D eigenvalue weighted by Gasteiger charge is 2.33. The van der Waals surface area contributed by atoms with Crippen molar-refractivity contribution in [2.75, 3.05) is 0 Å². The van der Waals surface area contributed by atoms with E-state index < -0.39 is 0 Å². The Hall–Kier alpha value is -3.97. The molecule has 31 heavy (non-hydrogen) atoms. The lowest BCUT2D eigenvalue weighted by Gasteiger charge is -2.27. The number of aromatic nitrogens is 5. The molecular weight excluding hydrogens is 414 g/mol. The van der Waals surface area contributed by atoms with Gasteiger partial charge in [0, 0.05) is 40.5 Å². The number of benzene rings is 2. The Labute approximate surface area is 181 Å². The Morgan fingerprint density at radius 2 is 1.94 bits per heavy atom. The number of phenols is 1. The maximum atomic E-state index is 9.97. The van der Waals surface area contributed by atoms with Crippen LogP contribution in [0.15, 0.2) is 73.3 Å². The average Bonchev–Trinajstić information content (AvgIpc) is 3.23. The van der Waals surface area contributed by atoms with E-state index in [0.29, 0.717) is 28.1 Å². The number of phenolic OH excluding ortho intramolecular Hbond substituents is 1. The molecule has 4 heterocycles. The number of pyridine rings is 1. The van der Waals surface area contributed by atoms with Gasteiger partial charge in [-0.15, -0.1) is 5.10 Å². The molecule has 1 aliphatic heterocycles. The number of rotatable bonds is 2. The molecule has 1 unspecified atom stereocenters. The van der Waals surface area contributed by atoms with E-state index in [1.54, 1.807) is 41.3 Å². The van der Waals surface area contributed by atoms with Gasteiger partial charge < -0.3 is 9.84 Å². The maximum absolute atomic E-state index is 9.97. The first-order valence-electron chi connectivity index (χ1n) is 9.59. The molecule has 0 bridgehead atoms. The van der Waals surface area contributed by atoms with Crippen molar-refractivity contribution in [3.8, 4) is 28.8 Å². The molecule has 1 aliphatic rings. The van der Waals surface area contributed by atoms with Gasteiger partial charge in [0.05, 0.1) is 5.56 Å². The molecule has 0 aliphatic carbocycles. The summed E-state index contributed by atoms with van der Waals surface area (Å²) in [6.45, 7) is 0. The Morgan fingerprint density at radius 3 is 2.74 bits per heavy atom. The van der Waals surface area contributed by atoms with Gasteiger partial charge in [0.2, 0.25) is 5.88 Å². The van der Waals surface area contributed by atoms with E-state index in [9.17, 15) is 5.11 Å². The molecule has 2 aromatic carbocycles. The largest absolute Gasteiger partial charge is 0.508 e. The van der Waals surface area contributed by atoms with Crippen LogP contribution in [-0.2, 0) is 0 Å². The van der Waals surface area contributed by atoms with Crippen molar-refractivity contribution in [1.29, 1.82) is 0 Å². The molecule has 0 fully saturated rings. The molecule has 0 radical (unpaired) electrons. The van der Waals surface area contributed by atoms with Gasteiger partial charge >= 0.3 is 0 Å². The second-order valence-corrected chi connectivity index (χ2v) is 7.65. The smallest absolute Gasteiger partial charge is 0.228 e. The highest BCUT2D eigenvalue weighted by molar-refractivity contribution is 6.30. The summed E-state index contributed by atoms with van der Waals surface area (Å²) in [5.74, 6) is 1.44. The Morgan fingerprint density at radius 1 is 1.06 bits per heavy atom. The molecule has 7 nitrogen and oxygen atoms in total.